The van der Waals surface area contributed by atoms with Crippen molar-refractivity contribution < 1.29 is 28.3 Å². The Balaban J connectivity index is 1.67. The summed E-state index contributed by atoms with van der Waals surface area (Å²) in [6.07, 6.45) is -0.494. The lowest BCUT2D eigenvalue weighted by atomic mass is 10.0. The lowest BCUT2D eigenvalue weighted by molar-refractivity contribution is -0.137. The van der Waals surface area contributed by atoms with Crippen molar-refractivity contribution in [2.45, 2.75) is 25.4 Å². The van der Waals surface area contributed by atoms with E-state index in [-0.39, 0.29) is 24.9 Å². The molecule has 0 aromatic heterocycles. The van der Waals surface area contributed by atoms with Crippen LogP contribution in [0.4, 0.5) is 8.78 Å². The Morgan fingerprint density at radius 2 is 1.45 bits per heavy atom. The summed E-state index contributed by atoms with van der Waals surface area (Å²) >= 11 is 0. The predicted molar refractivity (Wildman–Crippen MR) is 118 cm³/mol. The van der Waals surface area contributed by atoms with Crippen LogP contribution in [0.15, 0.2) is 72.8 Å². The number of nitrogens with one attached hydrogen (secondary N) is 2. The standard InChI is InChI=1S/C25H22F2N2O4/c26-20-12-16(13-21(27)14-20)15-28-25(33)22(10-11-23(30)31)29-24(32)19-8-6-18(7-9-19)17-4-2-1-3-5-17/h1-9,12-14,22H,10-11,15H2,(H,28,33)(H,29,32)(H,30,31)/t22-/m0/s1. The largest absolute Gasteiger partial charge is 0.481 e. The molecule has 2 amide bonds. The lowest BCUT2D eigenvalue weighted by Gasteiger charge is -2.18. The van der Waals surface area contributed by atoms with Gasteiger partial charge in [-0.1, -0.05) is 42.5 Å². The lowest BCUT2D eigenvalue weighted by Crippen LogP contribution is -2.46. The second kappa shape index (κ2) is 11.0. The van der Waals surface area contributed by atoms with Crippen LogP contribution in [0.1, 0.15) is 28.8 Å². The summed E-state index contributed by atoms with van der Waals surface area (Å²) in [6, 6.07) is 18.1. The highest BCUT2D eigenvalue weighted by Crippen LogP contribution is 2.19. The van der Waals surface area contributed by atoms with Crippen LogP contribution >= 0.6 is 0 Å². The first-order valence-electron chi connectivity index (χ1n) is 10.2. The highest BCUT2D eigenvalue weighted by atomic mass is 19.1. The van der Waals surface area contributed by atoms with Crippen LogP contribution in [0.2, 0.25) is 0 Å². The molecular weight excluding hydrogens is 430 g/mol. The summed E-state index contributed by atoms with van der Waals surface area (Å²) in [5.74, 6) is -3.89. The van der Waals surface area contributed by atoms with Crippen molar-refractivity contribution in [1.82, 2.24) is 10.6 Å². The minimum atomic E-state index is -1.14. The van der Waals surface area contributed by atoms with E-state index in [1.54, 1.807) is 24.3 Å². The Morgan fingerprint density at radius 3 is 2.06 bits per heavy atom. The normalized spacial score (nSPS) is 11.5. The molecule has 0 unspecified atom stereocenters. The van der Waals surface area contributed by atoms with Crippen LogP contribution in [0.25, 0.3) is 11.1 Å². The molecule has 0 aliphatic rings. The number of carboxylic acid groups (broad SMARTS) is 1. The first-order valence-corrected chi connectivity index (χ1v) is 10.2. The molecule has 3 N–H and O–H groups in total. The maximum atomic E-state index is 13.3. The molecule has 170 valence electrons. The van der Waals surface area contributed by atoms with Gasteiger partial charge in [0, 0.05) is 24.6 Å². The fraction of sp³-hybridized carbons (Fsp3) is 0.160. The number of carbonyl (C=O) groups excluding carboxylic acids is 2. The van der Waals surface area contributed by atoms with Gasteiger partial charge in [0.15, 0.2) is 0 Å². The number of carbonyl (C=O) groups is 3. The molecule has 0 saturated heterocycles. The average molecular weight is 452 g/mol. The third-order valence-electron chi connectivity index (χ3n) is 4.91. The van der Waals surface area contributed by atoms with Gasteiger partial charge in [-0.15, -0.1) is 0 Å². The second-order valence-corrected chi connectivity index (χ2v) is 7.40. The SMILES string of the molecule is O=C(O)CC[C@H](NC(=O)c1ccc(-c2ccccc2)cc1)C(=O)NCc1cc(F)cc(F)c1. The van der Waals surface area contributed by atoms with Gasteiger partial charge in [-0.05, 0) is 47.4 Å². The summed E-state index contributed by atoms with van der Waals surface area (Å²) in [5.41, 5.74) is 2.39. The number of benzene rings is 3. The summed E-state index contributed by atoms with van der Waals surface area (Å²) < 4.78 is 26.7. The van der Waals surface area contributed by atoms with E-state index in [1.165, 1.54) is 0 Å². The number of hydrogen-bond donors (Lipinski definition) is 3. The monoisotopic (exact) mass is 452 g/mol. The third kappa shape index (κ3) is 6.96. The Labute approximate surface area is 189 Å². The van der Waals surface area contributed by atoms with Crippen molar-refractivity contribution in [3.05, 3.63) is 95.6 Å². The van der Waals surface area contributed by atoms with Crippen LogP contribution in [-0.4, -0.2) is 28.9 Å². The highest BCUT2D eigenvalue weighted by Gasteiger charge is 2.22. The molecule has 0 saturated carbocycles. The van der Waals surface area contributed by atoms with Gasteiger partial charge in [0.25, 0.3) is 5.91 Å². The van der Waals surface area contributed by atoms with E-state index in [0.29, 0.717) is 11.6 Å². The van der Waals surface area contributed by atoms with Crippen LogP contribution in [0.5, 0.6) is 0 Å². The van der Waals surface area contributed by atoms with Crippen molar-refractivity contribution >= 4 is 17.8 Å². The van der Waals surface area contributed by atoms with E-state index in [0.717, 1.165) is 23.3 Å². The fourth-order valence-electron chi connectivity index (χ4n) is 3.25. The van der Waals surface area contributed by atoms with E-state index in [2.05, 4.69) is 10.6 Å². The highest BCUT2D eigenvalue weighted by molar-refractivity contribution is 5.98. The van der Waals surface area contributed by atoms with Gasteiger partial charge in [0.05, 0.1) is 0 Å². The zero-order valence-electron chi connectivity index (χ0n) is 17.6. The topological polar surface area (TPSA) is 95.5 Å². The third-order valence-corrected chi connectivity index (χ3v) is 4.91. The molecule has 0 bridgehead atoms. The fourth-order valence-corrected chi connectivity index (χ4v) is 3.25. The maximum Gasteiger partial charge on any atom is 0.303 e. The molecule has 0 fully saturated rings. The summed E-state index contributed by atoms with van der Waals surface area (Å²) in [4.78, 5) is 36.3. The smallest absolute Gasteiger partial charge is 0.303 e. The van der Waals surface area contributed by atoms with Crippen molar-refractivity contribution in [3.8, 4) is 11.1 Å². The number of carboxylic acids is 1. The molecule has 33 heavy (non-hydrogen) atoms. The number of aliphatic carboxylic acids is 1. The number of rotatable bonds is 9. The molecule has 0 radical (unpaired) electrons. The Hall–Kier alpha value is -4.07. The molecule has 3 aromatic rings. The molecule has 3 rings (SSSR count). The second-order valence-electron chi connectivity index (χ2n) is 7.40. The van der Waals surface area contributed by atoms with Crippen LogP contribution < -0.4 is 10.6 Å². The molecule has 8 heteroatoms. The van der Waals surface area contributed by atoms with Crippen molar-refractivity contribution in [2.75, 3.05) is 0 Å². The van der Waals surface area contributed by atoms with E-state index < -0.39 is 35.5 Å². The van der Waals surface area contributed by atoms with Gasteiger partial charge in [-0.25, -0.2) is 8.78 Å². The molecule has 0 aliphatic heterocycles. The Bertz CT molecular complexity index is 1110. The molecule has 6 nitrogen and oxygen atoms in total. The van der Waals surface area contributed by atoms with Gasteiger partial charge in [0.1, 0.15) is 17.7 Å². The maximum absolute atomic E-state index is 13.3. The minimum Gasteiger partial charge on any atom is -0.481 e. The van der Waals surface area contributed by atoms with Gasteiger partial charge < -0.3 is 15.7 Å². The number of halogens is 2. The van der Waals surface area contributed by atoms with Gasteiger partial charge in [-0.3, -0.25) is 14.4 Å². The molecular formula is C25H22F2N2O4. The average Bonchev–Trinajstić information content (AvgIpc) is 2.80. The van der Waals surface area contributed by atoms with Crippen molar-refractivity contribution in [3.63, 3.8) is 0 Å². The minimum absolute atomic E-state index is 0.146. The first kappa shape index (κ1) is 23.6. The van der Waals surface area contributed by atoms with E-state index in [1.807, 2.05) is 30.3 Å². The van der Waals surface area contributed by atoms with E-state index >= 15 is 0 Å². The number of amides is 2. The Morgan fingerprint density at radius 1 is 0.848 bits per heavy atom. The zero-order valence-corrected chi connectivity index (χ0v) is 17.6. The summed E-state index contributed by atoms with van der Waals surface area (Å²) in [7, 11) is 0. The molecule has 3 aromatic carbocycles. The summed E-state index contributed by atoms with van der Waals surface area (Å²) in [6.45, 7) is -0.182. The first-order chi connectivity index (χ1) is 15.8. The molecule has 0 spiro atoms. The van der Waals surface area contributed by atoms with Crippen LogP contribution in [0.3, 0.4) is 0 Å². The van der Waals surface area contributed by atoms with Crippen LogP contribution in [0, 0.1) is 11.6 Å². The Kier molecular flexibility index (Phi) is 7.86. The molecule has 0 heterocycles. The van der Waals surface area contributed by atoms with E-state index in [9.17, 15) is 23.2 Å². The molecule has 1 atom stereocenters. The predicted octanol–water partition coefficient (Wildman–Crippen LogP) is 3.91. The summed E-state index contributed by atoms with van der Waals surface area (Å²) in [5, 5.41) is 14.0. The number of hydrogen-bond acceptors (Lipinski definition) is 3. The van der Waals surface area contributed by atoms with Gasteiger partial charge >= 0.3 is 5.97 Å². The van der Waals surface area contributed by atoms with Gasteiger partial charge in [-0.2, -0.15) is 0 Å². The molecule has 0 aliphatic carbocycles. The van der Waals surface area contributed by atoms with Gasteiger partial charge in [0.2, 0.25) is 5.91 Å². The zero-order chi connectivity index (χ0) is 23.8. The van der Waals surface area contributed by atoms with Crippen LogP contribution in [-0.2, 0) is 16.1 Å². The quantitative estimate of drug-likeness (QED) is 0.459. The van der Waals surface area contributed by atoms with E-state index in [4.69, 9.17) is 5.11 Å². The van der Waals surface area contributed by atoms with Crippen molar-refractivity contribution in [2.24, 2.45) is 0 Å². The van der Waals surface area contributed by atoms with Crippen molar-refractivity contribution in [1.29, 1.82) is 0 Å².